The molecule has 5 heteroatoms. The van der Waals surface area contributed by atoms with Gasteiger partial charge in [-0.1, -0.05) is 20.8 Å². The molecule has 3 saturated carbocycles. The second-order valence-corrected chi connectivity index (χ2v) is 9.62. The van der Waals surface area contributed by atoms with Gasteiger partial charge in [0.2, 0.25) is 5.91 Å². The number of ether oxygens (including phenoxy) is 1. The van der Waals surface area contributed by atoms with Gasteiger partial charge in [0.1, 0.15) is 6.10 Å². The maximum absolute atomic E-state index is 11.9. The zero-order valence-electron chi connectivity index (χ0n) is 15.6. The minimum atomic E-state index is -1.13. The first-order chi connectivity index (χ1) is 11.8. The highest BCUT2D eigenvalue weighted by Crippen LogP contribution is 2.65. The van der Waals surface area contributed by atoms with Crippen molar-refractivity contribution in [3.8, 4) is 0 Å². The number of fused-ring (bicyclic) bond motifs is 5. The molecule has 1 saturated heterocycles. The molecule has 3 aliphatic carbocycles. The minimum Gasteiger partial charge on any atom is -0.450 e. The first kappa shape index (κ1) is 17.2. The van der Waals surface area contributed by atoms with Crippen LogP contribution in [0.2, 0.25) is 0 Å². The van der Waals surface area contributed by atoms with Gasteiger partial charge in [0.25, 0.3) is 0 Å². The van der Waals surface area contributed by atoms with Crippen LogP contribution in [0, 0.1) is 34.5 Å². The summed E-state index contributed by atoms with van der Waals surface area (Å²) < 4.78 is 5.30. The second-order valence-electron chi connectivity index (χ2n) is 9.62. The molecule has 1 aliphatic heterocycles. The Morgan fingerprint density at radius 1 is 1.16 bits per heavy atom. The van der Waals surface area contributed by atoms with Gasteiger partial charge in [-0.3, -0.25) is 4.79 Å². The van der Waals surface area contributed by atoms with Crippen LogP contribution in [-0.2, 0) is 9.53 Å². The van der Waals surface area contributed by atoms with Crippen LogP contribution in [0.5, 0.6) is 0 Å². The Labute approximate surface area is 149 Å². The first-order valence-electron chi connectivity index (χ1n) is 9.94. The summed E-state index contributed by atoms with van der Waals surface area (Å²) in [6.45, 7) is 7.00. The summed E-state index contributed by atoms with van der Waals surface area (Å²) >= 11 is 0. The predicted molar refractivity (Wildman–Crippen MR) is 93.0 cm³/mol. The van der Waals surface area contributed by atoms with Crippen LogP contribution in [0.15, 0.2) is 0 Å². The average molecular weight is 349 g/mol. The van der Waals surface area contributed by atoms with Crippen molar-refractivity contribution in [1.29, 1.82) is 0 Å². The molecule has 0 aromatic heterocycles. The number of amides is 1. The van der Waals surface area contributed by atoms with E-state index in [1.165, 1.54) is 0 Å². The maximum Gasteiger partial charge on any atom is 0.506 e. The van der Waals surface area contributed by atoms with Gasteiger partial charge in [0, 0.05) is 17.9 Å². The molecule has 2 N–H and O–H groups in total. The zero-order valence-corrected chi connectivity index (χ0v) is 15.6. The third kappa shape index (κ3) is 2.41. The van der Waals surface area contributed by atoms with Gasteiger partial charge < -0.3 is 15.2 Å². The third-order valence-corrected chi connectivity index (χ3v) is 8.62. The van der Waals surface area contributed by atoms with Gasteiger partial charge >= 0.3 is 6.16 Å². The monoisotopic (exact) mass is 349 g/mol. The highest BCUT2D eigenvalue weighted by atomic mass is 16.7. The van der Waals surface area contributed by atoms with Crippen molar-refractivity contribution in [2.75, 3.05) is 0 Å². The Hall–Kier alpha value is -1.26. The van der Waals surface area contributed by atoms with E-state index in [9.17, 15) is 9.59 Å². The SMILES string of the molecule is C[C@H]1CC2NC(=O)CC[C@]2(C)[C@H]2CC[C@]3(C)[C@@H](OC(=O)O)CC[C@H]3[C@H]12. The Kier molecular flexibility index (Phi) is 3.86. The average Bonchev–Trinajstić information content (AvgIpc) is 2.85. The molecule has 4 fully saturated rings. The molecule has 140 valence electrons. The fraction of sp³-hybridized carbons (Fsp3) is 0.900. The normalized spacial score (nSPS) is 51.7. The number of hydrogen-bond donors (Lipinski definition) is 2. The fourth-order valence-corrected chi connectivity index (χ4v) is 7.31. The number of piperidine rings is 1. The third-order valence-electron chi connectivity index (χ3n) is 8.62. The first-order valence-corrected chi connectivity index (χ1v) is 9.94. The lowest BCUT2D eigenvalue weighted by Crippen LogP contribution is -2.63. The van der Waals surface area contributed by atoms with Crippen molar-refractivity contribution in [1.82, 2.24) is 5.32 Å². The largest absolute Gasteiger partial charge is 0.506 e. The molecular formula is C20H31NO4. The molecule has 0 radical (unpaired) electrons. The smallest absolute Gasteiger partial charge is 0.450 e. The molecule has 0 aromatic rings. The van der Waals surface area contributed by atoms with Gasteiger partial charge in [-0.2, -0.15) is 0 Å². The van der Waals surface area contributed by atoms with Gasteiger partial charge in [-0.05, 0) is 67.6 Å². The summed E-state index contributed by atoms with van der Waals surface area (Å²) in [6.07, 6.45) is 5.53. The lowest BCUT2D eigenvalue weighted by atomic mass is 9.45. The Bertz CT molecular complexity index is 592. The molecular weight excluding hydrogens is 318 g/mol. The molecule has 4 rings (SSSR count). The van der Waals surface area contributed by atoms with Crippen molar-refractivity contribution >= 4 is 12.1 Å². The van der Waals surface area contributed by atoms with E-state index in [-0.39, 0.29) is 22.8 Å². The van der Waals surface area contributed by atoms with Crippen LogP contribution in [0.1, 0.15) is 65.7 Å². The topological polar surface area (TPSA) is 75.6 Å². The summed E-state index contributed by atoms with van der Waals surface area (Å²) in [5.41, 5.74) is 0.174. The quantitative estimate of drug-likeness (QED) is 0.706. The molecule has 0 bridgehead atoms. The standard InChI is InChI=1S/C20H31NO4/c1-11-10-14-19(2,9-7-16(22)21-14)13-6-8-20(3)12(17(11)13)4-5-15(20)25-18(23)24/h11-15,17H,4-10H2,1-3H3,(H,21,22)(H,23,24)/t11-,12-,13-,14?,15-,17-,19+,20-/m0/s1. The van der Waals surface area contributed by atoms with E-state index in [0.717, 1.165) is 38.5 Å². The van der Waals surface area contributed by atoms with E-state index in [1.54, 1.807) is 0 Å². The molecule has 1 amide bonds. The molecule has 4 aliphatic rings. The number of carbonyl (C=O) groups is 2. The number of rotatable bonds is 1. The van der Waals surface area contributed by atoms with Crippen molar-refractivity contribution < 1.29 is 19.4 Å². The summed E-state index contributed by atoms with van der Waals surface area (Å²) in [4.78, 5) is 23.0. The maximum atomic E-state index is 11.9. The Morgan fingerprint density at radius 3 is 2.60 bits per heavy atom. The van der Waals surface area contributed by atoms with Gasteiger partial charge in [-0.25, -0.2) is 4.79 Å². The molecule has 0 spiro atoms. The minimum absolute atomic E-state index is 0.0189. The second kappa shape index (κ2) is 5.62. The summed E-state index contributed by atoms with van der Waals surface area (Å²) in [6, 6.07) is 0.307. The predicted octanol–water partition coefficient (Wildman–Crippen LogP) is 3.82. The lowest BCUT2D eigenvalue weighted by molar-refractivity contribution is -0.147. The van der Waals surface area contributed by atoms with Crippen molar-refractivity contribution in [3.05, 3.63) is 0 Å². The Balaban J connectivity index is 1.63. The fourth-order valence-electron chi connectivity index (χ4n) is 7.31. The van der Waals surface area contributed by atoms with Crippen LogP contribution in [0.25, 0.3) is 0 Å². The summed E-state index contributed by atoms with van der Waals surface area (Å²) in [7, 11) is 0. The van der Waals surface area contributed by atoms with Crippen molar-refractivity contribution in [2.45, 2.75) is 77.9 Å². The van der Waals surface area contributed by atoms with Crippen LogP contribution < -0.4 is 5.32 Å². The molecule has 8 atom stereocenters. The summed E-state index contributed by atoms with van der Waals surface area (Å²) in [5, 5.41) is 12.4. The number of carboxylic acid groups (broad SMARTS) is 1. The van der Waals surface area contributed by atoms with E-state index in [0.29, 0.717) is 36.1 Å². The van der Waals surface area contributed by atoms with Crippen molar-refractivity contribution in [2.24, 2.45) is 34.5 Å². The van der Waals surface area contributed by atoms with Crippen LogP contribution in [0.3, 0.4) is 0 Å². The molecule has 5 nitrogen and oxygen atoms in total. The number of hydrogen-bond acceptors (Lipinski definition) is 3. The molecule has 1 heterocycles. The molecule has 1 unspecified atom stereocenters. The highest BCUT2D eigenvalue weighted by Gasteiger charge is 2.62. The Morgan fingerprint density at radius 2 is 1.88 bits per heavy atom. The van der Waals surface area contributed by atoms with E-state index in [2.05, 4.69) is 26.1 Å². The van der Waals surface area contributed by atoms with E-state index in [4.69, 9.17) is 9.84 Å². The van der Waals surface area contributed by atoms with Gasteiger partial charge in [0.15, 0.2) is 0 Å². The zero-order chi connectivity index (χ0) is 18.0. The molecule has 0 aromatic carbocycles. The van der Waals surface area contributed by atoms with Gasteiger partial charge in [-0.15, -0.1) is 0 Å². The van der Waals surface area contributed by atoms with Crippen LogP contribution >= 0.6 is 0 Å². The van der Waals surface area contributed by atoms with Crippen LogP contribution in [0.4, 0.5) is 4.79 Å². The number of carbonyl (C=O) groups excluding carboxylic acids is 1. The molecule has 25 heavy (non-hydrogen) atoms. The van der Waals surface area contributed by atoms with E-state index < -0.39 is 6.16 Å². The number of nitrogens with one attached hydrogen (secondary N) is 1. The highest BCUT2D eigenvalue weighted by molar-refractivity contribution is 5.77. The lowest BCUT2D eigenvalue weighted by Gasteiger charge is -2.61. The summed E-state index contributed by atoms with van der Waals surface area (Å²) in [5.74, 6) is 2.57. The van der Waals surface area contributed by atoms with Gasteiger partial charge in [0.05, 0.1) is 0 Å². The van der Waals surface area contributed by atoms with Crippen LogP contribution in [-0.4, -0.2) is 29.3 Å². The van der Waals surface area contributed by atoms with E-state index in [1.807, 2.05) is 0 Å². The van der Waals surface area contributed by atoms with Crippen molar-refractivity contribution in [3.63, 3.8) is 0 Å². The van der Waals surface area contributed by atoms with E-state index >= 15 is 0 Å².